The van der Waals surface area contributed by atoms with Crippen LogP contribution in [0.15, 0.2) is 30.3 Å². The van der Waals surface area contributed by atoms with Gasteiger partial charge in [0.25, 0.3) is 0 Å². The van der Waals surface area contributed by atoms with Gasteiger partial charge in [0.05, 0.1) is 28.0 Å². The molecule has 0 saturated carbocycles. The minimum Gasteiger partial charge on any atom is -0.230 e. The Balaban J connectivity index is 0.000000686. The van der Waals surface area contributed by atoms with Gasteiger partial charge in [0.2, 0.25) is 0 Å². The van der Waals surface area contributed by atoms with E-state index < -0.39 is 5.60 Å². The van der Waals surface area contributed by atoms with Crippen molar-refractivity contribution in [2.45, 2.75) is 150 Å². The molecule has 0 fully saturated rings. The van der Waals surface area contributed by atoms with Crippen LogP contribution in [0.4, 0.5) is 0 Å². The molecule has 35 heavy (non-hydrogen) atoms. The van der Waals surface area contributed by atoms with E-state index in [1.165, 1.54) is 0 Å². The molecule has 0 radical (unpaired) electrons. The van der Waals surface area contributed by atoms with Crippen molar-refractivity contribution in [3.63, 3.8) is 0 Å². The van der Waals surface area contributed by atoms with Gasteiger partial charge in [-0.3, -0.25) is 0 Å². The first-order valence-electron chi connectivity index (χ1n) is 12.6. The normalized spacial score (nSPS) is 13.9. The van der Waals surface area contributed by atoms with E-state index in [1.54, 1.807) is 0 Å². The smallest absolute Gasteiger partial charge is 0.123 e. The van der Waals surface area contributed by atoms with Crippen molar-refractivity contribution in [1.82, 2.24) is 0 Å². The van der Waals surface area contributed by atoms with Crippen molar-refractivity contribution in [2.24, 2.45) is 0 Å². The second kappa shape index (κ2) is 13.0. The summed E-state index contributed by atoms with van der Waals surface area (Å²) in [5.74, 6) is 0. The highest BCUT2D eigenvalue weighted by Gasteiger charge is 2.30. The summed E-state index contributed by atoms with van der Waals surface area (Å²) in [6, 6.07) is 10.1. The summed E-state index contributed by atoms with van der Waals surface area (Å²) in [5, 5.41) is 0. The topological polar surface area (TPSA) is 55.4 Å². The summed E-state index contributed by atoms with van der Waals surface area (Å²) in [7, 11) is 0. The molecule has 1 aromatic rings. The summed E-state index contributed by atoms with van der Waals surface area (Å²) in [5.41, 5.74) is -0.947. The van der Waals surface area contributed by atoms with Gasteiger partial charge < -0.3 is 0 Å². The van der Waals surface area contributed by atoms with Gasteiger partial charge in [0.15, 0.2) is 0 Å². The van der Waals surface area contributed by atoms with Gasteiger partial charge in [-0.15, -0.1) is 0 Å². The molecular formula is C29H54O6. The van der Waals surface area contributed by atoms with E-state index in [0.29, 0.717) is 0 Å². The minimum atomic E-state index is -0.422. The molecular weight excluding hydrogens is 444 g/mol. The Morgan fingerprint density at radius 3 is 1.06 bits per heavy atom. The van der Waals surface area contributed by atoms with Crippen LogP contribution in [0, 0.1) is 0 Å². The lowest BCUT2D eigenvalue weighted by Gasteiger charge is -2.33. The largest absolute Gasteiger partial charge is 0.230 e. The predicted octanol–water partition coefficient (Wildman–Crippen LogP) is 8.49. The molecule has 0 unspecified atom stereocenters. The standard InChI is InChI=1S/C16H34O4.C13H20O2/c1-13(2,3)17-19-15(7,8)11-12-16(9,10)20-18-14(4,5)6;1-12(2,3)14-15-13(4,5)11-9-7-6-8-10-11/h11-12H2,1-10H3;6-10H,1-5H3. The fourth-order valence-electron chi connectivity index (χ4n) is 2.28. The van der Waals surface area contributed by atoms with Gasteiger partial charge in [-0.25, -0.2) is 29.3 Å². The first-order valence-corrected chi connectivity index (χ1v) is 12.6. The van der Waals surface area contributed by atoms with Crippen LogP contribution >= 0.6 is 0 Å². The second-order valence-electron chi connectivity index (χ2n) is 13.7. The highest BCUT2D eigenvalue weighted by molar-refractivity contribution is 5.20. The molecule has 0 amide bonds. The SMILES string of the molecule is CC(C)(C)OOC(C)(C)CCC(C)(C)OOC(C)(C)C.CC(C)(C)OOC(C)(C)c1ccccc1. The van der Waals surface area contributed by atoms with Crippen LogP contribution in [0.2, 0.25) is 0 Å². The van der Waals surface area contributed by atoms with E-state index in [4.69, 9.17) is 29.3 Å². The Bertz CT molecular complexity index is 673. The lowest BCUT2D eigenvalue weighted by atomic mass is 9.94. The van der Waals surface area contributed by atoms with E-state index in [0.717, 1.165) is 18.4 Å². The summed E-state index contributed by atoms with van der Waals surface area (Å²) in [6.45, 7) is 29.7. The van der Waals surface area contributed by atoms with E-state index in [1.807, 2.05) is 134 Å². The molecule has 206 valence electrons. The lowest BCUT2D eigenvalue weighted by molar-refractivity contribution is -0.410. The van der Waals surface area contributed by atoms with Crippen LogP contribution in [-0.4, -0.2) is 28.0 Å². The van der Waals surface area contributed by atoms with Crippen LogP contribution in [0.25, 0.3) is 0 Å². The maximum Gasteiger partial charge on any atom is 0.123 e. The fourth-order valence-corrected chi connectivity index (χ4v) is 2.28. The molecule has 0 heterocycles. The zero-order chi connectivity index (χ0) is 27.8. The van der Waals surface area contributed by atoms with E-state index in [9.17, 15) is 0 Å². The van der Waals surface area contributed by atoms with Crippen molar-refractivity contribution in [1.29, 1.82) is 0 Å². The molecule has 0 aliphatic rings. The van der Waals surface area contributed by atoms with Crippen molar-refractivity contribution in [3.05, 3.63) is 35.9 Å². The van der Waals surface area contributed by atoms with Crippen LogP contribution < -0.4 is 0 Å². The Hall–Kier alpha value is -1.02. The first-order chi connectivity index (χ1) is 15.4. The molecule has 0 saturated heterocycles. The van der Waals surface area contributed by atoms with Crippen LogP contribution in [0.5, 0.6) is 0 Å². The maximum atomic E-state index is 5.54. The number of benzene rings is 1. The van der Waals surface area contributed by atoms with Gasteiger partial charge >= 0.3 is 0 Å². The zero-order valence-corrected chi connectivity index (χ0v) is 25.3. The van der Waals surface area contributed by atoms with E-state index in [-0.39, 0.29) is 28.0 Å². The number of hydrogen-bond acceptors (Lipinski definition) is 6. The van der Waals surface area contributed by atoms with E-state index >= 15 is 0 Å². The minimum absolute atomic E-state index is 0.286. The number of hydrogen-bond donors (Lipinski definition) is 0. The Kier molecular flexibility index (Phi) is 12.6. The van der Waals surface area contributed by atoms with Gasteiger partial charge in [0, 0.05) is 0 Å². The molecule has 0 aliphatic heterocycles. The highest BCUT2D eigenvalue weighted by Crippen LogP contribution is 2.28. The molecule has 0 bridgehead atoms. The Labute approximate surface area is 215 Å². The van der Waals surface area contributed by atoms with Crippen molar-refractivity contribution >= 4 is 0 Å². The molecule has 0 spiro atoms. The monoisotopic (exact) mass is 498 g/mol. The molecule has 6 nitrogen and oxygen atoms in total. The van der Waals surface area contributed by atoms with Crippen LogP contribution in [0.3, 0.4) is 0 Å². The number of rotatable bonds is 10. The average molecular weight is 499 g/mol. The van der Waals surface area contributed by atoms with Crippen LogP contribution in [-0.2, 0) is 34.9 Å². The van der Waals surface area contributed by atoms with Gasteiger partial charge in [-0.05, 0) is 122 Å². The van der Waals surface area contributed by atoms with Crippen molar-refractivity contribution in [3.8, 4) is 0 Å². The molecule has 1 aromatic carbocycles. The first kappa shape index (κ1) is 34.0. The second-order valence-corrected chi connectivity index (χ2v) is 13.7. The molecule has 1 rings (SSSR count). The predicted molar refractivity (Wildman–Crippen MR) is 143 cm³/mol. The average Bonchev–Trinajstić information content (AvgIpc) is 2.68. The summed E-state index contributed by atoms with van der Waals surface area (Å²) >= 11 is 0. The third-order valence-electron chi connectivity index (χ3n) is 4.33. The molecule has 6 heteroatoms. The third-order valence-corrected chi connectivity index (χ3v) is 4.33. The lowest BCUT2D eigenvalue weighted by Crippen LogP contribution is -2.35. The summed E-state index contributed by atoms with van der Waals surface area (Å²) in [6.07, 6.45) is 1.62. The maximum absolute atomic E-state index is 5.54. The Morgan fingerprint density at radius 1 is 0.429 bits per heavy atom. The quantitative estimate of drug-likeness (QED) is 0.238. The molecule has 0 aromatic heterocycles. The fraction of sp³-hybridized carbons (Fsp3) is 0.793. The van der Waals surface area contributed by atoms with Gasteiger partial charge in [-0.2, -0.15) is 0 Å². The Morgan fingerprint density at radius 2 is 0.743 bits per heavy atom. The van der Waals surface area contributed by atoms with Gasteiger partial charge in [-0.1, -0.05) is 30.3 Å². The summed E-state index contributed by atoms with van der Waals surface area (Å²) < 4.78 is 0. The third kappa shape index (κ3) is 18.8. The van der Waals surface area contributed by atoms with Gasteiger partial charge in [0.1, 0.15) is 5.60 Å². The molecule has 0 aliphatic carbocycles. The molecule has 0 N–H and O–H groups in total. The van der Waals surface area contributed by atoms with Crippen molar-refractivity contribution < 1.29 is 29.3 Å². The highest BCUT2D eigenvalue weighted by atomic mass is 17.2. The van der Waals surface area contributed by atoms with Crippen molar-refractivity contribution in [2.75, 3.05) is 0 Å². The zero-order valence-electron chi connectivity index (χ0n) is 25.3. The van der Waals surface area contributed by atoms with E-state index in [2.05, 4.69) is 0 Å². The summed E-state index contributed by atoms with van der Waals surface area (Å²) in [4.78, 5) is 32.7. The van der Waals surface area contributed by atoms with Crippen LogP contribution in [0.1, 0.15) is 122 Å². The molecule has 0 atom stereocenters.